The van der Waals surface area contributed by atoms with Crippen molar-refractivity contribution >= 4 is 38.4 Å². The van der Waals surface area contributed by atoms with Gasteiger partial charge in [0.25, 0.3) is 5.91 Å². The second-order valence-electron chi connectivity index (χ2n) is 5.22. The number of hydrogen-bond donors (Lipinski definition) is 2. The van der Waals surface area contributed by atoms with Crippen molar-refractivity contribution in [1.29, 1.82) is 0 Å². The molecule has 0 fully saturated rings. The van der Waals surface area contributed by atoms with Crippen LogP contribution in [0.5, 0.6) is 0 Å². The molecule has 0 atom stereocenters. The Hall–Kier alpha value is -2.45. The Bertz CT molecular complexity index is 936. The summed E-state index contributed by atoms with van der Waals surface area (Å²) in [6.45, 7) is -0.195. The molecule has 120 valence electrons. The number of benzene rings is 2. The fourth-order valence-corrected chi connectivity index (χ4v) is 3.95. The molecule has 0 unspecified atom stereocenters. The molecule has 0 saturated heterocycles. The number of carbonyl (C=O) groups excluding carboxylic acids is 1. The van der Waals surface area contributed by atoms with Crippen molar-refractivity contribution in [2.24, 2.45) is 0 Å². The number of hydrogen-bond acceptors (Lipinski definition) is 4. The van der Waals surface area contributed by atoms with Gasteiger partial charge in [0.15, 0.2) is 0 Å². The number of sulfonamides is 1. The lowest BCUT2D eigenvalue weighted by atomic mass is 10.1. The van der Waals surface area contributed by atoms with Gasteiger partial charge >= 0.3 is 5.97 Å². The number of anilines is 1. The molecule has 0 radical (unpaired) electrons. The number of amides is 1. The minimum atomic E-state index is -3.87. The van der Waals surface area contributed by atoms with Gasteiger partial charge in [0.1, 0.15) is 0 Å². The molecule has 0 spiro atoms. The molecule has 7 nitrogen and oxygen atoms in total. The molecule has 23 heavy (non-hydrogen) atoms. The Morgan fingerprint density at radius 3 is 2.70 bits per heavy atom. The van der Waals surface area contributed by atoms with Gasteiger partial charge in [-0.1, -0.05) is 12.1 Å². The van der Waals surface area contributed by atoms with Crippen LogP contribution in [0.1, 0.15) is 16.8 Å². The van der Waals surface area contributed by atoms with Gasteiger partial charge in [0.2, 0.25) is 10.0 Å². The van der Waals surface area contributed by atoms with Crippen LogP contribution in [-0.4, -0.2) is 39.0 Å². The predicted molar refractivity (Wildman–Crippen MR) is 84.1 cm³/mol. The molecule has 0 aliphatic carbocycles. The predicted octanol–water partition coefficient (Wildman–Crippen LogP) is 1.18. The van der Waals surface area contributed by atoms with E-state index in [1.165, 1.54) is 11.0 Å². The van der Waals surface area contributed by atoms with E-state index < -0.39 is 16.0 Å². The summed E-state index contributed by atoms with van der Waals surface area (Å²) in [6.07, 6.45) is -0.304. The molecule has 1 aliphatic heterocycles. The van der Waals surface area contributed by atoms with E-state index in [0.29, 0.717) is 22.0 Å². The van der Waals surface area contributed by atoms with Crippen molar-refractivity contribution in [1.82, 2.24) is 4.72 Å². The van der Waals surface area contributed by atoms with Crippen LogP contribution >= 0.6 is 0 Å². The Labute approximate surface area is 132 Å². The summed E-state index contributed by atoms with van der Waals surface area (Å²) in [5, 5.41) is 9.66. The normalized spacial score (nSPS) is 13.8. The van der Waals surface area contributed by atoms with Crippen LogP contribution in [0.15, 0.2) is 35.2 Å². The number of carboxylic acid groups (broad SMARTS) is 1. The lowest BCUT2D eigenvalue weighted by Crippen LogP contribution is -2.26. The Morgan fingerprint density at radius 2 is 2.00 bits per heavy atom. The topological polar surface area (TPSA) is 104 Å². The van der Waals surface area contributed by atoms with E-state index in [4.69, 9.17) is 5.11 Å². The number of carbonyl (C=O) groups is 2. The quantitative estimate of drug-likeness (QED) is 0.854. The third-order valence-electron chi connectivity index (χ3n) is 3.80. The van der Waals surface area contributed by atoms with E-state index in [0.717, 1.165) is 0 Å². The van der Waals surface area contributed by atoms with E-state index in [9.17, 15) is 18.0 Å². The molecule has 2 aromatic carbocycles. The standard InChI is InChI=1S/C15H14N2O5S/c1-17-11-5-6-12(23(21,22)16-8-7-13(18)19)9-3-2-4-10(14(9)11)15(17)20/h2-6,16H,7-8H2,1H3,(H,18,19). The van der Waals surface area contributed by atoms with Crippen molar-refractivity contribution in [3.05, 3.63) is 35.9 Å². The molecule has 2 aromatic rings. The van der Waals surface area contributed by atoms with Crippen LogP contribution in [0.3, 0.4) is 0 Å². The van der Waals surface area contributed by atoms with Gasteiger partial charge in [-0.3, -0.25) is 9.59 Å². The summed E-state index contributed by atoms with van der Waals surface area (Å²) < 4.78 is 27.1. The highest BCUT2D eigenvalue weighted by Gasteiger charge is 2.29. The third kappa shape index (κ3) is 2.45. The maximum absolute atomic E-state index is 12.4. The second kappa shape index (κ2) is 5.32. The van der Waals surface area contributed by atoms with Crippen molar-refractivity contribution in [2.45, 2.75) is 11.3 Å². The lowest BCUT2D eigenvalue weighted by Gasteiger charge is -2.12. The van der Waals surface area contributed by atoms with Gasteiger partial charge in [-0.2, -0.15) is 0 Å². The molecular weight excluding hydrogens is 320 g/mol. The zero-order valence-corrected chi connectivity index (χ0v) is 13.1. The second-order valence-corrected chi connectivity index (χ2v) is 6.95. The van der Waals surface area contributed by atoms with Crippen molar-refractivity contribution < 1.29 is 23.1 Å². The van der Waals surface area contributed by atoms with Crippen molar-refractivity contribution in [3.8, 4) is 0 Å². The van der Waals surface area contributed by atoms with E-state index >= 15 is 0 Å². The summed E-state index contributed by atoms with van der Waals surface area (Å²) in [6, 6.07) is 7.95. The summed E-state index contributed by atoms with van der Waals surface area (Å²) in [5.74, 6) is -1.26. The Balaban J connectivity index is 2.11. The number of carboxylic acids is 1. The molecule has 2 N–H and O–H groups in total. The van der Waals surface area contributed by atoms with Gasteiger partial charge in [-0.25, -0.2) is 13.1 Å². The fraction of sp³-hybridized carbons (Fsp3) is 0.200. The van der Waals surface area contributed by atoms with Crippen LogP contribution in [0, 0.1) is 0 Å². The van der Waals surface area contributed by atoms with Gasteiger partial charge in [-0.05, 0) is 18.2 Å². The van der Waals surface area contributed by atoms with Crippen molar-refractivity contribution in [3.63, 3.8) is 0 Å². The fourth-order valence-electron chi connectivity index (χ4n) is 2.71. The smallest absolute Gasteiger partial charge is 0.304 e. The molecule has 8 heteroatoms. The highest BCUT2D eigenvalue weighted by atomic mass is 32.2. The molecule has 0 aromatic heterocycles. The summed E-state index contributed by atoms with van der Waals surface area (Å²) in [7, 11) is -2.23. The highest BCUT2D eigenvalue weighted by molar-refractivity contribution is 7.89. The molecule has 0 saturated carbocycles. The Kier molecular flexibility index (Phi) is 3.57. The minimum Gasteiger partial charge on any atom is -0.481 e. The van der Waals surface area contributed by atoms with Crippen LogP contribution in [0.4, 0.5) is 5.69 Å². The maximum Gasteiger partial charge on any atom is 0.304 e. The monoisotopic (exact) mass is 334 g/mol. The average molecular weight is 334 g/mol. The zero-order chi connectivity index (χ0) is 16.8. The van der Waals surface area contributed by atoms with Crippen LogP contribution in [0.2, 0.25) is 0 Å². The molecule has 1 amide bonds. The van der Waals surface area contributed by atoms with Gasteiger partial charge in [-0.15, -0.1) is 0 Å². The summed E-state index contributed by atoms with van der Waals surface area (Å²) in [5.41, 5.74) is 1.12. The molecule has 3 rings (SSSR count). The first kappa shape index (κ1) is 15.4. The Morgan fingerprint density at radius 1 is 1.26 bits per heavy atom. The maximum atomic E-state index is 12.4. The molecule has 1 heterocycles. The first-order valence-electron chi connectivity index (χ1n) is 6.88. The van der Waals surface area contributed by atoms with Crippen LogP contribution < -0.4 is 9.62 Å². The van der Waals surface area contributed by atoms with E-state index in [1.807, 2.05) is 0 Å². The van der Waals surface area contributed by atoms with Gasteiger partial charge in [0.05, 0.1) is 17.0 Å². The van der Waals surface area contributed by atoms with Gasteiger partial charge in [0, 0.05) is 29.9 Å². The largest absolute Gasteiger partial charge is 0.481 e. The van der Waals surface area contributed by atoms with Crippen LogP contribution in [-0.2, 0) is 14.8 Å². The van der Waals surface area contributed by atoms with E-state index in [1.54, 1.807) is 31.3 Å². The van der Waals surface area contributed by atoms with Gasteiger partial charge < -0.3 is 10.0 Å². The molecular formula is C15H14N2O5S. The highest BCUT2D eigenvalue weighted by Crippen LogP contribution is 2.39. The van der Waals surface area contributed by atoms with E-state index in [2.05, 4.69) is 4.72 Å². The SMILES string of the molecule is CN1C(=O)c2cccc3c(S(=O)(=O)NCCC(=O)O)ccc1c23. The number of rotatable bonds is 5. The summed E-state index contributed by atoms with van der Waals surface area (Å²) in [4.78, 5) is 24.2. The average Bonchev–Trinajstić information content (AvgIpc) is 2.74. The zero-order valence-electron chi connectivity index (χ0n) is 12.2. The van der Waals surface area contributed by atoms with Crippen LogP contribution in [0.25, 0.3) is 10.8 Å². The van der Waals surface area contributed by atoms with Crippen molar-refractivity contribution in [2.75, 3.05) is 18.5 Å². The van der Waals surface area contributed by atoms with E-state index in [-0.39, 0.29) is 23.8 Å². The molecule has 0 bridgehead atoms. The third-order valence-corrected chi connectivity index (χ3v) is 5.31. The number of aliphatic carboxylic acids is 1. The first-order valence-corrected chi connectivity index (χ1v) is 8.36. The first-order chi connectivity index (χ1) is 10.8. The lowest BCUT2D eigenvalue weighted by molar-refractivity contribution is -0.136. The molecule has 1 aliphatic rings. The summed E-state index contributed by atoms with van der Waals surface area (Å²) >= 11 is 0. The number of nitrogens with zero attached hydrogens (tertiary/aromatic N) is 1. The minimum absolute atomic E-state index is 0.0339. The number of nitrogens with one attached hydrogen (secondary N) is 1.